The number of halogens is 1. The Morgan fingerprint density at radius 1 is 1.13 bits per heavy atom. The van der Waals surface area contributed by atoms with E-state index in [1.165, 1.54) is 37.0 Å². The largest absolute Gasteiger partial charge is 0.497 e. The van der Waals surface area contributed by atoms with Gasteiger partial charge in [-0.1, -0.05) is 35.9 Å². The molecule has 0 aliphatic carbocycles. The van der Waals surface area contributed by atoms with Crippen molar-refractivity contribution in [3.05, 3.63) is 110 Å². The number of hydrogen-bond donors (Lipinski definition) is 3. The highest BCUT2D eigenvalue weighted by Gasteiger charge is 2.22. The molecular formula is C28H25ClN5O5+. The number of carbonyl (C=O) groups is 2. The van der Waals surface area contributed by atoms with E-state index in [1.807, 2.05) is 0 Å². The number of carbonyl (C=O) groups excluding carboxylic acids is 2. The van der Waals surface area contributed by atoms with E-state index >= 15 is 0 Å². The first-order valence-corrected chi connectivity index (χ1v) is 12.1. The van der Waals surface area contributed by atoms with Crippen LogP contribution in [0, 0.1) is 4.91 Å². The molecule has 1 aromatic heterocycles. The van der Waals surface area contributed by atoms with Gasteiger partial charge in [-0.2, -0.15) is 0 Å². The summed E-state index contributed by atoms with van der Waals surface area (Å²) >= 11 is 6.06. The van der Waals surface area contributed by atoms with Crippen molar-refractivity contribution in [3.8, 4) is 22.7 Å². The Labute approximate surface area is 228 Å². The number of methoxy groups -OCH3 is 1. The molecule has 1 heterocycles. The molecule has 0 aliphatic rings. The van der Waals surface area contributed by atoms with Gasteiger partial charge in [0.2, 0.25) is 6.41 Å². The minimum atomic E-state index is -0.629. The smallest absolute Gasteiger partial charge is 0.279 e. The highest BCUT2D eigenvalue weighted by molar-refractivity contribution is 6.30. The third-order valence-corrected chi connectivity index (χ3v) is 6.22. The normalized spacial score (nSPS) is 11.1. The Morgan fingerprint density at radius 2 is 1.85 bits per heavy atom. The van der Waals surface area contributed by atoms with Crippen LogP contribution in [-0.2, 0) is 16.1 Å². The molecule has 4 rings (SSSR count). The number of hydrogen-bond acceptors (Lipinski definition) is 6. The molecule has 11 heteroatoms. The van der Waals surface area contributed by atoms with Gasteiger partial charge in [0.1, 0.15) is 11.4 Å². The quantitative estimate of drug-likeness (QED) is 0.207. The number of likely N-dealkylation sites (N-methyl/N-ethyl adjacent to an activating group) is 1. The lowest BCUT2D eigenvalue weighted by Crippen LogP contribution is -2.55. The zero-order valence-corrected chi connectivity index (χ0v) is 21.9. The molecular weight excluding hydrogens is 522 g/mol. The lowest BCUT2D eigenvalue weighted by atomic mass is 10.1. The molecule has 0 radical (unpaired) electrons. The van der Waals surface area contributed by atoms with Gasteiger partial charge in [0.05, 0.1) is 30.6 Å². The number of H-pyrrole nitrogens is 1. The SMILES string of the molecule is CN/C(=C\c1c(-c2ccc(Cl)cc2)[nH]n(-c2ccc([NH+]=O)cc2)c1=O)C(=O)N(C=O)Cc1cccc(OC)c1. The number of rotatable bonds is 10. The first-order chi connectivity index (χ1) is 18.9. The van der Waals surface area contributed by atoms with E-state index in [9.17, 15) is 19.3 Å². The van der Waals surface area contributed by atoms with Gasteiger partial charge in [-0.15, -0.1) is 0 Å². The van der Waals surface area contributed by atoms with Crippen molar-refractivity contribution in [1.29, 1.82) is 0 Å². The summed E-state index contributed by atoms with van der Waals surface area (Å²) in [5, 5.41) is 8.21. The van der Waals surface area contributed by atoms with Gasteiger partial charge in [0.15, 0.2) is 0 Å². The number of nitroso groups, excluding NO2 is 1. The number of nitrogens with one attached hydrogen (secondary N) is 3. The first kappa shape index (κ1) is 27.1. The maximum Gasteiger partial charge on any atom is 0.279 e. The minimum Gasteiger partial charge on any atom is -0.497 e. The fourth-order valence-electron chi connectivity index (χ4n) is 3.95. The van der Waals surface area contributed by atoms with Gasteiger partial charge in [-0.05, 0) is 48.0 Å². The van der Waals surface area contributed by atoms with E-state index in [1.54, 1.807) is 65.8 Å². The van der Waals surface area contributed by atoms with Crippen LogP contribution in [0.4, 0.5) is 5.69 Å². The summed E-state index contributed by atoms with van der Waals surface area (Å²) < 4.78 is 6.52. The molecule has 0 bridgehead atoms. The number of ether oxygens (including phenoxy) is 1. The highest BCUT2D eigenvalue weighted by Crippen LogP contribution is 2.25. The van der Waals surface area contributed by atoms with Crippen molar-refractivity contribution in [1.82, 2.24) is 20.0 Å². The monoisotopic (exact) mass is 546 g/mol. The van der Waals surface area contributed by atoms with E-state index in [0.29, 0.717) is 45.4 Å². The second kappa shape index (κ2) is 12.1. The van der Waals surface area contributed by atoms with E-state index < -0.39 is 11.5 Å². The van der Waals surface area contributed by atoms with Crippen LogP contribution in [0.5, 0.6) is 5.75 Å². The second-order valence-electron chi connectivity index (χ2n) is 8.39. The molecule has 3 N–H and O–H groups in total. The summed E-state index contributed by atoms with van der Waals surface area (Å²) in [6.45, 7) is 0.0000618. The molecule has 198 valence electrons. The van der Waals surface area contributed by atoms with Crippen molar-refractivity contribution in [2.45, 2.75) is 6.54 Å². The van der Waals surface area contributed by atoms with E-state index in [2.05, 4.69) is 10.4 Å². The van der Waals surface area contributed by atoms with Crippen molar-refractivity contribution in [2.24, 2.45) is 0 Å². The maximum atomic E-state index is 13.6. The van der Waals surface area contributed by atoms with Crippen LogP contribution in [0.1, 0.15) is 11.1 Å². The molecule has 0 saturated carbocycles. The zero-order valence-electron chi connectivity index (χ0n) is 21.1. The molecule has 10 nitrogen and oxygen atoms in total. The van der Waals surface area contributed by atoms with Crippen LogP contribution < -0.4 is 20.8 Å². The third kappa shape index (κ3) is 5.97. The Bertz CT molecular complexity index is 1590. The molecule has 0 atom stereocenters. The van der Waals surface area contributed by atoms with Crippen LogP contribution in [0.25, 0.3) is 23.0 Å². The van der Waals surface area contributed by atoms with Gasteiger partial charge in [0, 0.05) is 39.9 Å². The standard InChI is InChI=1S/C28H24ClN5O5/c1-30-25(28(37)33(17-35)16-18-4-3-5-23(14-18)39-2)15-24-26(19-6-8-20(29)9-7-19)31-34(27(24)36)22-12-10-21(32-38)11-13-22/h3-15,17,30-31H,16H2,1-2H3/p+1/b25-15-. The molecule has 3 aromatic carbocycles. The number of imide groups is 1. The highest BCUT2D eigenvalue weighted by atomic mass is 35.5. The van der Waals surface area contributed by atoms with Crippen molar-refractivity contribution in [2.75, 3.05) is 14.2 Å². The van der Waals surface area contributed by atoms with E-state index in [-0.39, 0.29) is 17.8 Å². The third-order valence-electron chi connectivity index (χ3n) is 5.97. The molecule has 0 spiro atoms. The lowest BCUT2D eigenvalue weighted by Gasteiger charge is -2.18. The van der Waals surface area contributed by atoms with Gasteiger partial charge in [0.25, 0.3) is 17.2 Å². The lowest BCUT2D eigenvalue weighted by molar-refractivity contribution is -0.379. The summed E-state index contributed by atoms with van der Waals surface area (Å²) in [5.41, 5.74) is 2.31. The van der Waals surface area contributed by atoms with Gasteiger partial charge in [-0.3, -0.25) is 24.4 Å². The summed E-state index contributed by atoms with van der Waals surface area (Å²) in [4.78, 5) is 50.8. The molecule has 0 saturated heterocycles. The zero-order chi connectivity index (χ0) is 27.9. The second-order valence-corrected chi connectivity index (χ2v) is 8.83. The molecule has 4 aromatic rings. The van der Waals surface area contributed by atoms with Crippen molar-refractivity contribution in [3.63, 3.8) is 0 Å². The van der Waals surface area contributed by atoms with Crippen LogP contribution >= 0.6 is 11.6 Å². The number of aromatic nitrogens is 2. The number of aromatic amines is 1. The van der Waals surface area contributed by atoms with Crippen LogP contribution in [0.15, 0.2) is 83.3 Å². The van der Waals surface area contributed by atoms with Gasteiger partial charge >= 0.3 is 0 Å². The summed E-state index contributed by atoms with van der Waals surface area (Å²) in [5.74, 6) is -0.0369. The maximum absolute atomic E-state index is 13.6. The fourth-order valence-corrected chi connectivity index (χ4v) is 4.07. The average Bonchev–Trinajstić information content (AvgIpc) is 3.30. The number of nitrogens with zero attached hydrogens (tertiary/aromatic N) is 2. The fraction of sp³-hybridized carbons (Fsp3) is 0.107. The Hall–Kier alpha value is -4.96. The number of benzene rings is 3. The molecule has 0 aliphatic heterocycles. The van der Waals surface area contributed by atoms with Crippen LogP contribution in [0.3, 0.4) is 0 Å². The molecule has 0 fully saturated rings. The van der Waals surface area contributed by atoms with Crippen molar-refractivity contribution < 1.29 is 19.5 Å². The van der Waals surface area contributed by atoms with E-state index in [0.717, 1.165) is 4.90 Å². The summed E-state index contributed by atoms with van der Waals surface area (Å²) in [6.07, 6.45) is 1.84. The predicted molar refractivity (Wildman–Crippen MR) is 147 cm³/mol. The topological polar surface area (TPSA) is 127 Å². The van der Waals surface area contributed by atoms with Crippen LogP contribution in [-0.4, -0.2) is 41.2 Å². The average molecular weight is 547 g/mol. The summed E-state index contributed by atoms with van der Waals surface area (Å²) in [7, 11) is 3.06. The number of amides is 2. The minimum absolute atomic E-state index is 0.0000618. The molecule has 2 amide bonds. The predicted octanol–water partition coefficient (Wildman–Crippen LogP) is 2.72. The summed E-state index contributed by atoms with van der Waals surface area (Å²) in [6, 6.07) is 20.1. The molecule has 0 unspecified atom stereocenters. The molecule has 39 heavy (non-hydrogen) atoms. The Kier molecular flexibility index (Phi) is 8.37. The first-order valence-electron chi connectivity index (χ1n) is 11.8. The van der Waals surface area contributed by atoms with Crippen LogP contribution in [0.2, 0.25) is 5.02 Å². The Morgan fingerprint density at radius 3 is 2.46 bits per heavy atom. The van der Waals surface area contributed by atoms with Crippen molar-refractivity contribution >= 4 is 35.7 Å². The van der Waals surface area contributed by atoms with Gasteiger partial charge < -0.3 is 10.1 Å². The Balaban J connectivity index is 1.78. The van der Waals surface area contributed by atoms with E-state index in [4.69, 9.17) is 16.3 Å². The van der Waals surface area contributed by atoms with Gasteiger partial charge in [-0.25, -0.2) is 4.68 Å².